The Bertz CT molecular complexity index is 1080. The fourth-order valence-corrected chi connectivity index (χ4v) is 2.89. The van der Waals surface area contributed by atoms with E-state index in [1.165, 1.54) is 5.56 Å². The molecule has 1 heterocycles. The molecule has 3 nitrogen and oxygen atoms in total. The normalized spacial score (nSPS) is 11.1. The zero-order valence-electron chi connectivity index (χ0n) is 13.6. The van der Waals surface area contributed by atoms with Gasteiger partial charge in [-0.25, -0.2) is 0 Å². The highest BCUT2D eigenvalue weighted by molar-refractivity contribution is 6.10. The number of benzene rings is 3. The lowest BCUT2D eigenvalue weighted by Gasteiger charge is -2.08. The van der Waals surface area contributed by atoms with Crippen LogP contribution in [0.1, 0.15) is 21.5 Å². The summed E-state index contributed by atoms with van der Waals surface area (Å²) in [6, 6.07) is 19.3. The van der Waals surface area contributed by atoms with E-state index < -0.39 is 0 Å². The standard InChI is InChI=1S/C21H17NO2/c1-13-7-9-16(11-14(13)2)22-21(23)15-8-10-20-18(12-15)17-5-3-4-6-19(17)24-20/h3-12H,1-2H3,(H,22,23). The minimum absolute atomic E-state index is 0.120. The zero-order chi connectivity index (χ0) is 16.7. The van der Waals surface area contributed by atoms with E-state index in [0.717, 1.165) is 33.2 Å². The minimum atomic E-state index is -0.120. The first kappa shape index (κ1) is 14.5. The molecular formula is C21H17NO2. The van der Waals surface area contributed by atoms with Crippen LogP contribution in [-0.2, 0) is 0 Å². The first-order valence-electron chi connectivity index (χ1n) is 7.92. The molecule has 3 heteroatoms. The van der Waals surface area contributed by atoms with Crippen molar-refractivity contribution in [3.63, 3.8) is 0 Å². The van der Waals surface area contributed by atoms with Crippen molar-refractivity contribution in [1.82, 2.24) is 0 Å². The van der Waals surface area contributed by atoms with Gasteiger partial charge in [0.25, 0.3) is 5.91 Å². The van der Waals surface area contributed by atoms with Crippen LogP contribution in [0.25, 0.3) is 21.9 Å². The van der Waals surface area contributed by atoms with Gasteiger partial charge in [0.15, 0.2) is 0 Å². The molecule has 0 aliphatic rings. The minimum Gasteiger partial charge on any atom is -0.456 e. The Morgan fingerprint density at radius 3 is 2.46 bits per heavy atom. The third kappa shape index (κ3) is 2.44. The van der Waals surface area contributed by atoms with Crippen LogP contribution in [0.3, 0.4) is 0 Å². The number of amides is 1. The lowest BCUT2D eigenvalue weighted by atomic mass is 10.1. The van der Waals surface area contributed by atoms with Gasteiger partial charge in [0.2, 0.25) is 0 Å². The lowest BCUT2D eigenvalue weighted by Crippen LogP contribution is -2.11. The molecule has 0 saturated heterocycles. The maximum atomic E-state index is 12.6. The van der Waals surface area contributed by atoms with E-state index in [1.807, 2.05) is 61.5 Å². The number of fused-ring (bicyclic) bond motifs is 3. The largest absolute Gasteiger partial charge is 0.456 e. The Labute approximate surface area is 139 Å². The number of carbonyl (C=O) groups excluding carboxylic acids is 1. The van der Waals surface area contributed by atoms with Gasteiger partial charge in [-0.05, 0) is 61.4 Å². The Morgan fingerprint density at radius 2 is 1.62 bits per heavy atom. The number of furan rings is 1. The summed E-state index contributed by atoms with van der Waals surface area (Å²) in [5.41, 5.74) is 5.41. The molecule has 0 atom stereocenters. The van der Waals surface area contributed by atoms with Gasteiger partial charge in [0.1, 0.15) is 11.2 Å². The summed E-state index contributed by atoms with van der Waals surface area (Å²) in [5, 5.41) is 4.94. The van der Waals surface area contributed by atoms with Gasteiger partial charge in [0, 0.05) is 22.0 Å². The molecule has 1 aromatic heterocycles. The van der Waals surface area contributed by atoms with E-state index >= 15 is 0 Å². The summed E-state index contributed by atoms with van der Waals surface area (Å²) in [4.78, 5) is 12.6. The highest BCUT2D eigenvalue weighted by atomic mass is 16.3. The van der Waals surface area contributed by atoms with Gasteiger partial charge in [-0.15, -0.1) is 0 Å². The number of anilines is 1. The number of nitrogens with one attached hydrogen (secondary N) is 1. The molecular weight excluding hydrogens is 298 g/mol. The van der Waals surface area contributed by atoms with E-state index in [4.69, 9.17) is 4.42 Å². The van der Waals surface area contributed by atoms with Gasteiger partial charge < -0.3 is 9.73 Å². The molecule has 0 spiro atoms. The molecule has 4 aromatic rings. The first-order chi connectivity index (χ1) is 11.6. The zero-order valence-corrected chi connectivity index (χ0v) is 13.6. The van der Waals surface area contributed by atoms with Gasteiger partial charge in [-0.2, -0.15) is 0 Å². The number of rotatable bonds is 2. The topological polar surface area (TPSA) is 42.2 Å². The van der Waals surface area contributed by atoms with Gasteiger partial charge in [-0.3, -0.25) is 4.79 Å². The van der Waals surface area contributed by atoms with Crippen molar-refractivity contribution in [1.29, 1.82) is 0 Å². The summed E-state index contributed by atoms with van der Waals surface area (Å²) >= 11 is 0. The number of aryl methyl sites for hydroxylation is 2. The van der Waals surface area contributed by atoms with Crippen LogP contribution in [0.2, 0.25) is 0 Å². The third-order valence-corrected chi connectivity index (χ3v) is 4.40. The number of hydrogen-bond acceptors (Lipinski definition) is 2. The molecule has 0 saturated carbocycles. The number of carbonyl (C=O) groups is 1. The molecule has 0 bridgehead atoms. The van der Waals surface area contributed by atoms with Crippen molar-refractivity contribution >= 4 is 33.5 Å². The average Bonchev–Trinajstić information content (AvgIpc) is 2.96. The quantitative estimate of drug-likeness (QED) is 0.534. The number of hydrogen-bond donors (Lipinski definition) is 1. The molecule has 0 radical (unpaired) electrons. The monoisotopic (exact) mass is 315 g/mol. The average molecular weight is 315 g/mol. The second-order valence-corrected chi connectivity index (χ2v) is 6.06. The predicted octanol–water partition coefficient (Wildman–Crippen LogP) is 5.46. The van der Waals surface area contributed by atoms with E-state index in [-0.39, 0.29) is 5.91 Å². The smallest absolute Gasteiger partial charge is 0.255 e. The summed E-state index contributed by atoms with van der Waals surface area (Å²) in [5.74, 6) is -0.120. The molecule has 0 aliphatic carbocycles. The number of para-hydroxylation sites is 1. The third-order valence-electron chi connectivity index (χ3n) is 4.40. The summed E-state index contributed by atoms with van der Waals surface area (Å²) in [7, 11) is 0. The SMILES string of the molecule is Cc1ccc(NC(=O)c2ccc3oc4ccccc4c3c2)cc1C. The Morgan fingerprint density at radius 1 is 0.833 bits per heavy atom. The van der Waals surface area contributed by atoms with Crippen molar-refractivity contribution < 1.29 is 9.21 Å². The lowest BCUT2D eigenvalue weighted by molar-refractivity contribution is 0.102. The molecule has 4 rings (SSSR count). The Hall–Kier alpha value is -3.07. The second kappa shape index (κ2) is 5.53. The first-order valence-corrected chi connectivity index (χ1v) is 7.92. The van der Waals surface area contributed by atoms with Crippen LogP contribution in [-0.4, -0.2) is 5.91 Å². The fraction of sp³-hybridized carbons (Fsp3) is 0.0952. The maximum Gasteiger partial charge on any atom is 0.255 e. The molecule has 0 unspecified atom stereocenters. The van der Waals surface area contributed by atoms with Gasteiger partial charge in [0.05, 0.1) is 0 Å². The van der Waals surface area contributed by atoms with Crippen molar-refractivity contribution in [2.24, 2.45) is 0 Å². The van der Waals surface area contributed by atoms with E-state index in [0.29, 0.717) is 5.56 Å². The van der Waals surface area contributed by atoms with Crippen LogP contribution >= 0.6 is 0 Å². The molecule has 24 heavy (non-hydrogen) atoms. The van der Waals surface area contributed by atoms with Crippen molar-refractivity contribution in [3.05, 3.63) is 77.4 Å². The molecule has 3 aromatic carbocycles. The Kier molecular flexibility index (Phi) is 3.35. The van der Waals surface area contributed by atoms with Gasteiger partial charge >= 0.3 is 0 Å². The van der Waals surface area contributed by atoms with Crippen LogP contribution in [0.15, 0.2) is 65.1 Å². The second-order valence-electron chi connectivity index (χ2n) is 6.06. The van der Waals surface area contributed by atoms with E-state index in [9.17, 15) is 4.79 Å². The van der Waals surface area contributed by atoms with Crippen LogP contribution in [0.4, 0.5) is 5.69 Å². The highest BCUT2D eigenvalue weighted by Gasteiger charge is 2.11. The molecule has 0 fully saturated rings. The van der Waals surface area contributed by atoms with Gasteiger partial charge in [-0.1, -0.05) is 24.3 Å². The van der Waals surface area contributed by atoms with Crippen molar-refractivity contribution in [3.8, 4) is 0 Å². The molecule has 0 aliphatic heterocycles. The van der Waals surface area contributed by atoms with Crippen LogP contribution in [0.5, 0.6) is 0 Å². The highest BCUT2D eigenvalue weighted by Crippen LogP contribution is 2.29. The van der Waals surface area contributed by atoms with Crippen LogP contribution in [0, 0.1) is 13.8 Å². The Balaban J connectivity index is 1.71. The molecule has 118 valence electrons. The molecule has 1 amide bonds. The maximum absolute atomic E-state index is 12.6. The van der Waals surface area contributed by atoms with Crippen molar-refractivity contribution in [2.75, 3.05) is 5.32 Å². The summed E-state index contributed by atoms with van der Waals surface area (Å²) in [6.45, 7) is 4.09. The molecule has 1 N–H and O–H groups in total. The van der Waals surface area contributed by atoms with E-state index in [1.54, 1.807) is 6.07 Å². The fourth-order valence-electron chi connectivity index (χ4n) is 2.89. The van der Waals surface area contributed by atoms with Crippen molar-refractivity contribution in [2.45, 2.75) is 13.8 Å². The van der Waals surface area contributed by atoms with Crippen LogP contribution < -0.4 is 5.32 Å². The summed E-state index contributed by atoms with van der Waals surface area (Å²) in [6.07, 6.45) is 0. The summed E-state index contributed by atoms with van der Waals surface area (Å²) < 4.78 is 5.80. The van der Waals surface area contributed by atoms with E-state index in [2.05, 4.69) is 12.2 Å². The predicted molar refractivity (Wildman–Crippen MR) is 97.6 cm³/mol.